The normalized spacial score (nSPS) is 33.2. The highest BCUT2D eigenvalue weighted by atomic mass is 32.2. The molecule has 1 aromatic rings. The smallest absolute Gasteiger partial charge is 0.408 e. The Morgan fingerprint density at radius 3 is 2.58 bits per heavy atom. The summed E-state index contributed by atoms with van der Waals surface area (Å²) in [4.78, 5) is 70.2. The molecule has 0 spiro atoms. The average Bonchev–Trinajstić information content (AvgIpc) is 3.78. The van der Waals surface area contributed by atoms with Crippen molar-refractivity contribution < 1.29 is 37.1 Å². The molecule has 296 valence electrons. The van der Waals surface area contributed by atoms with Crippen LogP contribution in [0.5, 0.6) is 0 Å². The number of nitrogens with zero attached hydrogens (tertiary/aromatic N) is 4. The number of carbonyl (C=O) groups is 4. The topological polar surface area (TPSA) is 188 Å². The molecule has 7 aliphatic rings. The molecule has 1 saturated heterocycles. The van der Waals surface area contributed by atoms with Gasteiger partial charge in [-0.15, -0.1) is 11.3 Å². The second-order valence-electron chi connectivity index (χ2n) is 15.8. The highest BCUT2D eigenvalue weighted by Gasteiger charge is 2.62. The number of fused-ring (bicyclic) bond motifs is 3. The van der Waals surface area contributed by atoms with Crippen LogP contribution in [0.2, 0.25) is 0 Å². The monoisotopic (exact) mass is 795 g/mol. The maximum Gasteiger partial charge on any atom is 0.408 e. The van der Waals surface area contributed by atoms with Crippen LogP contribution in [0.15, 0.2) is 51.9 Å². The van der Waals surface area contributed by atoms with Crippen LogP contribution in [0.25, 0.3) is 0 Å². The Kier molecular flexibility index (Phi) is 10.5. The second-order valence-corrected chi connectivity index (χ2v) is 18.7. The molecular weight excluding hydrogens is 747 g/mol. The summed E-state index contributed by atoms with van der Waals surface area (Å²) in [6.07, 6.45) is 13.9. The predicted octanol–water partition coefficient (Wildman–Crippen LogP) is 3.13. The molecule has 17 heteroatoms. The molecule has 5 heterocycles. The summed E-state index contributed by atoms with van der Waals surface area (Å²) < 4.78 is 40.3. The van der Waals surface area contributed by atoms with Gasteiger partial charge in [-0.25, -0.2) is 18.2 Å². The van der Waals surface area contributed by atoms with Gasteiger partial charge in [0.2, 0.25) is 27.7 Å². The van der Waals surface area contributed by atoms with Crippen molar-refractivity contribution in [3.63, 3.8) is 0 Å². The summed E-state index contributed by atoms with van der Waals surface area (Å²) >= 11 is 1.50. The van der Waals surface area contributed by atoms with Gasteiger partial charge in [-0.05, 0) is 87.9 Å². The van der Waals surface area contributed by atoms with Crippen molar-refractivity contribution in [3.8, 4) is 0 Å². The van der Waals surface area contributed by atoms with E-state index >= 15 is 0 Å². The lowest BCUT2D eigenvalue weighted by molar-refractivity contribution is -0.141. The van der Waals surface area contributed by atoms with E-state index in [1.54, 1.807) is 0 Å². The van der Waals surface area contributed by atoms with E-state index in [1.807, 2.05) is 53.9 Å². The van der Waals surface area contributed by atoms with Crippen LogP contribution in [-0.4, -0.2) is 115 Å². The summed E-state index contributed by atoms with van der Waals surface area (Å²) in [7, 11) is -1.97. The van der Waals surface area contributed by atoms with Gasteiger partial charge in [0.25, 0.3) is 5.91 Å². The number of thiophene rings is 1. The Morgan fingerprint density at radius 2 is 1.82 bits per heavy atom. The highest BCUT2D eigenvalue weighted by molar-refractivity contribution is 7.91. The van der Waals surface area contributed by atoms with Gasteiger partial charge < -0.3 is 29.9 Å². The van der Waals surface area contributed by atoms with Gasteiger partial charge >= 0.3 is 6.09 Å². The summed E-state index contributed by atoms with van der Waals surface area (Å²) in [5, 5.41) is 7.06. The van der Waals surface area contributed by atoms with E-state index in [0.29, 0.717) is 43.7 Å². The molecule has 15 nitrogen and oxygen atoms in total. The number of hydrogen-bond donors (Lipinski definition) is 3. The fourth-order valence-corrected chi connectivity index (χ4v) is 10.4. The fourth-order valence-electron chi connectivity index (χ4n) is 8.32. The number of aliphatic imine (C=N–C) groups is 2. The van der Waals surface area contributed by atoms with Crippen molar-refractivity contribution in [3.05, 3.63) is 46.8 Å². The van der Waals surface area contributed by atoms with Crippen LogP contribution < -0.4 is 15.4 Å². The molecule has 0 radical (unpaired) electrons. The first kappa shape index (κ1) is 37.7. The van der Waals surface area contributed by atoms with Crippen molar-refractivity contribution in [2.24, 2.45) is 15.9 Å². The van der Waals surface area contributed by atoms with Crippen LogP contribution in [0.1, 0.15) is 88.3 Å². The largest absolute Gasteiger partial charge is 0.471 e. The lowest BCUT2D eigenvalue weighted by Gasteiger charge is -2.30. The van der Waals surface area contributed by atoms with E-state index < -0.39 is 68.7 Å². The van der Waals surface area contributed by atoms with E-state index in [2.05, 4.69) is 15.4 Å². The number of likely N-dealkylation sites (N-methyl/N-ethyl adjacent to an activating group) is 1. The summed E-state index contributed by atoms with van der Waals surface area (Å²) in [5.74, 6) is -1.94. The number of carbonyl (C=O) groups excluding carboxylic acids is 4. The summed E-state index contributed by atoms with van der Waals surface area (Å²) in [6, 6.07) is 1.61. The number of nitrogens with one attached hydrogen (secondary N) is 3. The van der Waals surface area contributed by atoms with Gasteiger partial charge in [0, 0.05) is 19.4 Å². The van der Waals surface area contributed by atoms with Crippen molar-refractivity contribution in [1.29, 1.82) is 0 Å². The molecule has 0 aromatic carbocycles. The van der Waals surface area contributed by atoms with E-state index in [-0.39, 0.29) is 37.7 Å². The predicted molar refractivity (Wildman–Crippen MR) is 205 cm³/mol. The lowest BCUT2D eigenvalue weighted by Crippen LogP contribution is -2.58. The van der Waals surface area contributed by atoms with E-state index in [9.17, 15) is 27.6 Å². The molecule has 4 aliphatic heterocycles. The van der Waals surface area contributed by atoms with E-state index in [1.165, 1.54) is 16.2 Å². The van der Waals surface area contributed by atoms with Crippen molar-refractivity contribution >= 4 is 56.8 Å². The molecule has 3 unspecified atom stereocenters. The van der Waals surface area contributed by atoms with Crippen molar-refractivity contribution in [2.75, 3.05) is 13.6 Å². The third-order valence-corrected chi connectivity index (χ3v) is 14.4. The van der Waals surface area contributed by atoms with Gasteiger partial charge in [0.1, 0.15) is 41.6 Å². The van der Waals surface area contributed by atoms with Gasteiger partial charge in [0.15, 0.2) is 6.17 Å². The van der Waals surface area contributed by atoms with E-state index in [0.717, 1.165) is 43.4 Å². The van der Waals surface area contributed by atoms with Crippen molar-refractivity contribution in [1.82, 2.24) is 25.2 Å². The summed E-state index contributed by atoms with van der Waals surface area (Å²) in [6.45, 7) is 0.00425. The van der Waals surface area contributed by atoms with Crippen LogP contribution in [0, 0.1) is 5.92 Å². The molecule has 8 rings (SSSR count). The van der Waals surface area contributed by atoms with Crippen LogP contribution >= 0.6 is 11.3 Å². The summed E-state index contributed by atoms with van der Waals surface area (Å²) in [5.41, 5.74) is -0.904. The van der Waals surface area contributed by atoms with Crippen LogP contribution in [0.4, 0.5) is 4.79 Å². The molecule has 3 N–H and O–H groups in total. The molecule has 7 atom stereocenters. The number of rotatable bonds is 7. The molecule has 55 heavy (non-hydrogen) atoms. The van der Waals surface area contributed by atoms with Crippen molar-refractivity contribution in [2.45, 2.75) is 131 Å². The molecule has 0 bridgehead atoms. The number of hydrogen-bond acceptors (Lipinski definition) is 12. The maximum absolute atomic E-state index is 14.6. The third kappa shape index (κ3) is 8.04. The average molecular weight is 796 g/mol. The van der Waals surface area contributed by atoms with Crippen LogP contribution in [-0.2, 0) is 33.9 Å². The second kappa shape index (κ2) is 15.4. The first-order valence-corrected chi connectivity index (χ1v) is 22.0. The molecule has 4 fully saturated rings. The highest BCUT2D eigenvalue weighted by Crippen LogP contribution is 2.46. The zero-order valence-corrected chi connectivity index (χ0v) is 32.6. The number of sulfonamides is 1. The molecule has 4 amide bonds. The minimum absolute atomic E-state index is 0.00425. The van der Waals surface area contributed by atoms with Gasteiger partial charge in [-0.2, -0.15) is 0 Å². The van der Waals surface area contributed by atoms with Crippen LogP contribution in [0.3, 0.4) is 0 Å². The molecule has 3 saturated carbocycles. The Balaban J connectivity index is 1.08. The lowest BCUT2D eigenvalue weighted by atomic mass is 10.0. The first-order valence-electron chi connectivity index (χ1n) is 19.6. The molecular formula is C38H49N7O8S2. The fraction of sp³-hybridized carbons (Fsp3) is 0.632. The van der Waals surface area contributed by atoms with E-state index in [4.69, 9.17) is 19.5 Å². The Labute approximate surface area is 325 Å². The molecule has 1 aromatic heterocycles. The zero-order chi connectivity index (χ0) is 38.3. The third-order valence-electron chi connectivity index (χ3n) is 11.7. The molecule has 3 aliphatic carbocycles. The standard InChI is InChI=1S/C38H49N7O8S2/c1-44-18-17-27-32(44)41-34(31(39-27)30-14-9-19-54-30)52-25-20-29-33(46)42-38(36(48)43-55(50,51)26-15-16-26)21-23(38)10-5-3-2-4-6-13-28(35(47)45(29)22-25)40-37(49)53-24-11-7-8-12-24/h5,9-10,14,17-19,23-29,32H,2-4,6-8,11-13,15-16,20-22H2,1H3,(H,40,49)(H,42,46)(H,43,48)/b10-5-/t23?,25-,27?,28+,29+,32?,38-/m1/s1. The minimum Gasteiger partial charge on any atom is -0.471 e. The maximum atomic E-state index is 14.6. The Bertz CT molecular complexity index is 1910. The van der Waals surface area contributed by atoms with Gasteiger partial charge in [-0.3, -0.25) is 24.1 Å². The number of alkyl carbamates (subject to hydrolysis) is 1. The van der Waals surface area contributed by atoms with Gasteiger partial charge in [-0.1, -0.05) is 31.1 Å². The zero-order valence-electron chi connectivity index (χ0n) is 30.9. The number of ether oxygens (including phenoxy) is 2. The minimum atomic E-state index is -3.89. The Hall–Kier alpha value is -4.25. The first-order chi connectivity index (χ1) is 26.5. The number of amides is 4. The quantitative estimate of drug-likeness (QED) is 0.349. The number of allylic oxidation sites excluding steroid dienone is 1. The van der Waals surface area contributed by atoms with Gasteiger partial charge in [0.05, 0.1) is 16.7 Å². The Morgan fingerprint density at radius 1 is 1.02 bits per heavy atom. The SMILES string of the molecule is CN1C=CC2N=C(c3cccs3)C(O[C@@H]3C[C@H]4C(=O)N[C@]5(C(=O)NS(=O)(=O)C6CC6)CC5/C=C\CCCCC[C@H](NC(=O)OC5CCCC5)C(=O)N4C3)=NC21.